The van der Waals surface area contributed by atoms with Crippen molar-refractivity contribution in [1.29, 1.82) is 0 Å². The molecule has 0 amide bonds. The molecule has 3 heteroatoms. The van der Waals surface area contributed by atoms with Gasteiger partial charge in [0.2, 0.25) is 0 Å². The number of fused-ring (bicyclic) bond motifs is 1. The first kappa shape index (κ1) is 14.0. The van der Waals surface area contributed by atoms with Crippen LogP contribution in [-0.4, -0.2) is 9.97 Å². The first-order valence-corrected chi connectivity index (χ1v) is 7.95. The minimum Gasteiger partial charge on any atom is -0.348 e. The van der Waals surface area contributed by atoms with E-state index >= 15 is 0 Å². The average Bonchev–Trinajstić information content (AvgIpc) is 3.04. The summed E-state index contributed by atoms with van der Waals surface area (Å²) in [4.78, 5) is 7.98. The quantitative estimate of drug-likeness (QED) is 0.533. The third kappa shape index (κ3) is 2.73. The van der Waals surface area contributed by atoms with Crippen LogP contribution in [0.2, 0.25) is 5.02 Å². The molecule has 0 atom stereocenters. The molecule has 2 nitrogen and oxygen atoms in total. The molecule has 4 rings (SSSR count). The molecule has 4 aromatic rings. The zero-order chi connectivity index (χ0) is 15.6. The average molecular weight is 319 g/mol. The van der Waals surface area contributed by atoms with E-state index in [2.05, 4.69) is 47.4 Å². The summed E-state index contributed by atoms with van der Waals surface area (Å²) in [7, 11) is 0. The Morgan fingerprint density at radius 2 is 1.65 bits per heavy atom. The maximum absolute atomic E-state index is 6.25. The highest BCUT2D eigenvalue weighted by molar-refractivity contribution is 6.33. The molecule has 0 aliphatic rings. The van der Waals surface area contributed by atoms with Gasteiger partial charge in [0.25, 0.3) is 0 Å². The topological polar surface area (TPSA) is 28.7 Å². The van der Waals surface area contributed by atoms with Crippen molar-refractivity contribution in [1.82, 2.24) is 9.97 Å². The van der Waals surface area contributed by atoms with E-state index < -0.39 is 0 Å². The van der Waals surface area contributed by atoms with Crippen LogP contribution in [0.25, 0.3) is 22.0 Å². The summed E-state index contributed by atoms with van der Waals surface area (Å²) >= 11 is 6.25. The molecule has 0 saturated heterocycles. The number of nitrogens with zero attached hydrogens (tertiary/aromatic N) is 1. The Bertz CT molecular complexity index is 967. The molecule has 1 aromatic heterocycles. The Labute approximate surface area is 139 Å². The van der Waals surface area contributed by atoms with E-state index in [1.54, 1.807) is 0 Å². The van der Waals surface area contributed by atoms with Crippen LogP contribution in [0.3, 0.4) is 0 Å². The van der Waals surface area contributed by atoms with Gasteiger partial charge in [0.05, 0.1) is 10.7 Å². The minimum atomic E-state index is 0.718. The molecule has 0 saturated carbocycles. The number of H-pyrrole nitrogens is 1. The predicted molar refractivity (Wildman–Crippen MR) is 95.8 cm³/mol. The van der Waals surface area contributed by atoms with Gasteiger partial charge < -0.3 is 4.98 Å². The van der Waals surface area contributed by atoms with Crippen LogP contribution in [0, 0.1) is 0 Å². The number of benzene rings is 3. The van der Waals surface area contributed by atoms with Crippen LogP contribution < -0.4 is 0 Å². The Kier molecular flexibility index (Phi) is 3.60. The Balaban J connectivity index is 1.69. The van der Waals surface area contributed by atoms with E-state index in [1.807, 2.05) is 30.5 Å². The van der Waals surface area contributed by atoms with Crippen LogP contribution in [0.15, 0.2) is 72.9 Å². The number of imidazole rings is 1. The molecular weight excluding hydrogens is 304 g/mol. The van der Waals surface area contributed by atoms with Gasteiger partial charge in [-0.05, 0) is 22.4 Å². The molecule has 1 N–H and O–H groups in total. The number of halogens is 1. The first-order valence-electron chi connectivity index (χ1n) is 7.57. The highest BCUT2D eigenvalue weighted by Gasteiger charge is 2.09. The second kappa shape index (κ2) is 5.90. The van der Waals surface area contributed by atoms with Crippen molar-refractivity contribution in [2.45, 2.75) is 6.42 Å². The van der Waals surface area contributed by atoms with Gasteiger partial charge in [0, 0.05) is 18.2 Å². The van der Waals surface area contributed by atoms with Gasteiger partial charge in [0.15, 0.2) is 0 Å². The van der Waals surface area contributed by atoms with Gasteiger partial charge >= 0.3 is 0 Å². The smallest absolute Gasteiger partial charge is 0.111 e. The summed E-state index contributed by atoms with van der Waals surface area (Å²) in [6.45, 7) is 0. The third-order valence-electron chi connectivity index (χ3n) is 4.02. The highest BCUT2D eigenvalue weighted by Crippen LogP contribution is 2.27. The van der Waals surface area contributed by atoms with Crippen LogP contribution in [0.5, 0.6) is 0 Å². The third-order valence-corrected chi connectivity index (χ3v) is 4.35. The Hall–Kier alpha value is -2.58. The fraction of sp³-hybridized carbons (Fsp3) is 0.0500. The number of rotatable bonds is 3. The lowest BCUT2D eigenvalue weighted by molar-refractivity contribution is 1.04. The number of hydrogen-bond donors (Lipinski definition) is 1. The van der Waals surface area contributed by atoms with E-state index in [0.717, 1.165) is 28.5 Å². The van der Waals surface area contributed by atoms with Gasteiger partial charge in [-0.3, -0.25) is 0 Å². The molecule has 0 bridgehead atoms. The van der Waals surface area contributed by atoms with Crippen molar-refractivity contribution in [2.75, 3.05) is 0 Å². The van der Waals surface area contributed by atoms with Gasteiger partial charge in [-0.2, -0.15) is 0 Å². The SMILES string of the molecule is Clc1ccccc1-c1c[nH]c(Cc2cccc3ccccc23)n1. The second-order valence-corrected chi connectivity index (χ2v) is 5.93. The fourth-order valence-electron chi connectivity index (χ4n) is 2.89. The molecule has 0 unspecified atom stereocenters. The fourth-order valence-corrected chi connectivity index (χ4v) is 3.12. The normalized spacial score (nSPS) is 11.0. The van der Waals surface area contributed by atoms with E-state index in [0.29, 0.717) is 0 Å². The van der Waals surface area contributed by atoms with Crippen molar-refractivity contribution < 1.29 is 0 Å². The van der Waals surface area contributed by atoms with Gasteiger partial charge in [-0.25, -0.2) is 4.98 Å². The summed E-state index contributed by atoms with van der Waals surface area (Å²) in [6, 6.07) is 22.6. The molecule has 0 spiro atoms. The molecule has 23 heavy (non-hydrogen) atoms. The number of aromatic amines is 1. The molecule has 0 aliphatic heterocycles. The monoisotopic (exact) mass is 318 g/mol. The zero-order valence-corrected chi connectivity index (χ0v) is 13.2. The molecule has 0 fully saturated rings. The highest BCUT2D eigenvalue weighted by atomic mass is 35.5. The van der Waals surface area contributed by atoms with Gasteiger partial charge in [0.1, 0.15) is 5.82 Å². The molecule has 112 valence electrons. The van der Waals surface area contributed by atoms with Crippen molar-refractivity contribution in [3.05, 3.63) is 89.3 Å². The largest absolute Gasteiger partial charge is 0.348 e. The van der Waals surface area contributed by atoms with Crippen LogP contribution in [-0.2, 0) is 6.42 Å². The Morgan fingerprint density at radius 1 is 0.870 bits per heavy atom. The predicted octanol–water partition coefficient (Wildman–Crippen LogP) is 5.47. The summed E-state index contributed by atoms with van der Waals surface area (Å²) in [5, 5.41) is 3.24. The van der Waals surface area contributed by atoms with E-state index in [9.17, 15) is 0 Å². The van der Waals surface area contributed by atoms with Crippen molar-refractivity contribution in [3.63, 3.8) is 0 Å². The van der Waals surface area contributed by atoms with E-state index in [-0.39, 0.29) is 0 Å². The number of hydrogen-bond acceptors (Lipinski definition) is 1. The zero-order valence-electron chi connectivity index (χ0n) is 12.5. The summed E-state index contributed by atoms with van der Waals surface area (Å²) < 4.78 is 0. The van der Waals surface area contributed by atoms with Gasteiger partial charge in [-0.1, -0.05) is 72.3 Å². The van der Waals surface area contributed by atoms with E-state index in [1.165, 1.54) is 16.3 Å². The van der Waals surface area contributed by atoms with Crippen LogP contribution in [0.4, 0.5) is 0 Å². The lowest BCUT2D eigenvalue weighted by atomic mass is 10.0. The maximum Gasteiger partial charge on any atom is 0.111 e. The molecule has 3 aromatic carbocycles. The second-order valence-electron chi connectivity index (χ2n) is 5.53. The number of nitrogens with one attached hydrogen (secondary N) is 1. The summed E-state index contributed by atoms with van der Waals surface area (Å²) in [6.07, 6.45) is 2.69. The van der Waals surface area contributed by atoms with Crippen molar-refractivity contribution in [2.24, 2.45) is 0 Å². The summed E-state index contributed by atoms with van der Waals surface area (Å²) in [5.74, 6) is 0.941. The van der Waals surface area contributed by atoms with Crippen LogP contribution in [0.1, 0.15) is 11.4 Å². The maximum atomic E-state index is 6.25. The Morgan fingerprint density at radius 3 is 2.57 bits per heavy atom. The van der Waals surface area contributed by atoms with Crippen molar-refractivity contribution >= 4 is 22.4 Å². The summed E-state index contributed by atoms with van der Waals surface area (Å²) in [5.41, 5.74) is 3.10. The molecule has 1 heterocycles. The lowest BCUT2D eigenvalue weighted by Crippen LogP contribution is -1.92. The standard InChI is InChI=1S/C20H15ClN2/c21-18-11-4-3-10-17(18)19-13-22-20(23-19)12-15-8-5-7-14-6-1-2-9-16(14)15/h1-11,13H,12H2,(H,22,23). The molecular formula is C20H15ClN2. The molecule has 0 aliphatic carbocycles. The van der Waals surface area contributed by atoms with Gasteiger partial charge in [-0.15, -0.1) is 0 Å². The minimum absolute atomic E-state index is 0.718. The van der Waals surface area contributed by atoms with E-state index in [4.69, 9.17) is 16.6 Å². The van der Waals surface area contributed by atoms with Crippen molar-refractivity contribution in [3.8, 4) is 11.3 Å². The first-order chi connectivity index (χ1) is 11.3. The lowest BCUT2D eigenvalue weighted by Gasteiger charge is -2.04. The number of aromatic nitrogens is 2. The van der Waals surface area contributed by atoms with Crippen LogP contribution >= 0.6 is 11.6 Å². The molecule has 0 radical (unpaired) electrons.